The Kier molecular flexibility index (Phi) is 3.27. The van der Waals surface area contributed by atoms with Crippen molar-refractivity contribution in [1.29, 1.82) is 0 Å². The van der Waals surface area contributed by atoms with Gasteiger partial charge in [-0.3, -0.25) is 9.69 Å². The van der Waals surface area contributed by atoms with E-state index >= 15 is 0 Å². The first kappa shape index (κ1) is 12.9. The predicted octanol–water partition coefficient (Wildman–Crippen LogP) is 0.844. The molecule has 0 aliphatic carbocycles. The number of likely N-dealkylation sites (tertiary alicyclic amines) is 1. The predicted molar refractivity (Wildman–Crippen MR) is 70.6 cm³/mol. The molecule has 106 valence electrons. The van der Waals surface area contributed by atoms with Gasteiger partial charge in [-0.1, -0.05) is 5.16 Å². The molecule has 0 unspecified atom stereocenters. The first-order valence-electron chi connectivity index (χ1n) is 6.62. The zero-order valence-corrected chi connectivity index (χ0v) is 11.3. The molecule has 20 heavy (non-hydrogen) atoms. The molecule has 1 aliphatic rings. The summed E-state index contributed by atoms with van der Waals surface area (Å²) in [6, 6.07) is 2.16. The summed E-state index contributed by atoms with van der Waals surface area (Å²) < 4.78 is 7.20. The number of carbonyl (C=O) groups is 1. The van der Waals surface area contributed by atoms with Crippen molar-refractivity contribution in [3.05, 3.63) is 35.7 Å². The molecular formula is C13H17N5O2. The second-order valence-corrected chi connectivity index (χ2v) is 5.13. The van der Waals surface area contributed by atoms with E-state index in [9.17, 15) is 4.79 Å². The fraction of sp³-hybridized carbons (Fsp3) is 0.462. The van der Waals surface area contributed by atoms with Gasteiger partial charge in [-0.25, -0.2) is 0 Å². The summed E-state index contributed by atoms with van der Waals surface area (Å²) in [7, 11) is 2.00. The highest BCUT2D eigenvalue weighted by atomic mass is 16.5. The van der Waals surface area contributed by atoms with Gasteiger partial charge >= 0.3 is 0 Å². The number of primary amides is 1. The van der Waals surface area contributed by atoms with E-state index in [2.05, 4.69) is 27.3 Å². The van der Waals surface area contributed by atoms with Crippen LogP contribution in [-0.2, 0) is 13.6 Å². The Morgan fingerprint density at radius 2 is 2.45 bits per heavy atom. The van der Waals surface area contributed by atoms with Crippen molar-refractivity contribution in [2.24, 2.45) is 12.8 Å². The Balaban J connectivity index is 1.76. The summed E-state index contributed by atoms with van der Waals surface area (Å²) in [5, 5.41) is 3.61. The third-order valence-corrected chi connectivity index (χ3v) is 3.59. The minimum absolute atomic E-state index is 0.0495. The van der Waals surface area contributed by atoms with Gasteiger partial charge in [-0.15, -0.1) is 0 Å². The summed E-state index contributed by atoms with van der Waals surface area (Å²) in [5.74, 6) is -0.230. The van der Waals surface area contributed by atoms with Crippen LogP contribution in [0.4, 0.5) is 0 Å². The van der Waals surface area contributed by atoms with Crippen LogP contribution in [0.15, 0.2) is 23.0 Å². The molecule has 3 heterocycles. The van der Waals surface area contributed by atoms with Crippen LogP contribution in [-0.4, -0.2) is 32.1 Å². The topological polar surface area (TPSA) is 90.2 Å². The Bertz CT molecular complexity index is 618. The highest BCUT2D eigenvalue weighted by molar-refractivity contribution is 5.88. The van der Waals surface area contributed by atoms with E-state index < -0.39 is 5.91 Å². The highest BCUT2D eigenvalue weighted by Crippen LogP contribution is 2.32. The summed E-state index contributed by atoms with van der Waals surface area (Å²) >= 11 is 0. The average Bonchev–Trinajstić information content (AvgIpc) is 3.10. The molecule has 0 saturated carbocycles. The summed E-state index contributed by atoms with van der Waals surface area (Å²) in [6.45, 7) is 1.81. The molecule has 1 fully saturated rings. The second-order valence-electron chi connectivity index (χ2n) is 5.13. The molecule has 2 N–H and O–H groups in total. The number of hydrogen-bond acceptors (Lipinski definition) is 5. The van der Waals surface area contributed by atoms with Crippen LogP contribution in [0.3, 0.4) is 0 Å². The third-order valence-electron chi connectivity index (χ3n) is 3.59. The molecule has 0 spiro atoms. The van der Waals surface area contributed by atoms with Crippen LogP contribution in [0, 0.1) is 0 Å². The van der Waals surface area contributed by atoms with Crippen LogP contribution in [0.2, 0.25) is 0 Å². The normalized spacial score (nSPS) is 19.6. The molecule has 1 aliphatic heterocycles. The van der Waals surface area contributed by atoms with Gasteiger partial charge in [0.2, 0.25) is 5.89 Å². The lowest BCUT2D eigenvalue weighted by Crippen LogP contribution is -2.23. The SMILES string of the molecule is Cn1ccc(CN2CCC[C@@H]2c2nc(C(N)=O)no2)c1. The maximum Gasteiger partial charge on any atom is 0.290 e. The minimum atomic E-state index is -0.660. The van der Waals surface area contributed by atoms with Crippen molar-refractivity contribution < 1.29 is 9.32 Å². The van der Waals surface area contributed by atoms with Crippen LogP contribution in [0.1, 0.15) is 41.0 Å². The first-order valence-corrected chi connectivity index (χ1v) is 6.62. The van der Waals surface area contributed by atoms with Crippen molar-refractivity contribution in [2.45, 2.75) is 25.4 Å². The summed E-state index contributed by atoms with van der Waals surface area (Å²) in [6.07, 6.45) is 6.15. The second kappa shape index (κ2) is 5.09. The number of rotatable bonds is 4. The zero-order chi connectivity index (χ0) is 14.1. The number of carbonyl (C=O) groups excluding carboxylic acids is 1. The van der Waals surface area contributed by atoms with Gasteiger partial charge in [0, 0.05) is 26.0 Å². The summed E-state index contributed by atoms with van der Waals surface area (Å²) in [4.78, 5) is 17.4. The van der Waals surface area contributed by atoms with E-state index in [4.69, 9.17) is 10.3 Å². The van der Waals surface area contributed by atoms with Gasteiger partial charge in [0.1, 0.15) is 0 Å². The van der Waals surface area contributed by atoms with Gasteiger partial charge in [-0.05, 0) is 31.0 Å². The van der Waals surface area contributed by atoms with Crippen molar-refractivity contribution >= 4 is 5.91 Å². The van der Waals surface area contributed by atoms with E-state index in [1.807, 2.05) is 17.8 Å². The molecule has 7 nitrogen and oxygen atoms in total. The van der Waals surface area contributed by atoms with E-state index in [1.54, 1.807) is 0 Å². The highest BCUT2D eigenvalue weighted by Gasteiger charge is 2.31. The van der Waals surface area contributed by atoms with Crippen LogP contribution < -0.4 is 5.73 Å². The minimum Gasteiger partial charge on any atom is -0.363 e. The average molecular weight is 275 g/mol. The molecule has 0 bridgehead atoms. The van der Waals surface area contributed by atoms with Crippen LogP contribution in [0.5, 0.6) is 0 Å². The van der Waals surface area contributed by atoms with Crippen molar-refractivity contribution in [2.75, 3.05) is 6.54 Å². The molecule has 3 rings (SSSR count). The standard InChI is InChI=1S/C13H17N5O2/c1-17-6-4-9(7-17)8-18-5-2-3-10(18)13-15-12(11(14)19)16-20-13/h4,6-7,10H,2-3,5,8H2,1H3,(H2,14,19)/t10-/m1/s1. The third kappa shape index (κ3) is 2.44. The lowest BCUT2D eigenvalue weighted by atomic mass is 10.2. The Labute approximate surface area is 116 Å². The molecular weight excluding hydrogens is 258 g/mol. The van der Waals surface area contributed by atoms with E-state index in [0.717, 1.165) is 25.9 Å². The Morgan fingerprint density at radius 3 is 3.10 bits per heavy atom. The van der Waals surface area contributed by atoms with Gasteiger partial charge in [0.15, 0.2) is 0 Å². The quantitative estimate of drug-likeness (QED) is 0.893. The van der Waals surface area contributed by atoms with Gasteiger partial charge in [0.25, 0.3) is 11.7 Å². The Morgan fingerprint density at radius 1 is 1.60 bits per heavy atom. The van der Waals surface area contributed by atoms with Gasteiger partial charge < -0.3 is 14.8 Å². The van der Waals surface area contributed by atoms with Gasteiger partial charge in [0.05, 0.1) is 6.04 Å². The number of hydrogen-bond donors (Lipinski definition) is 1. The van der Waals surface area contributed by atoms with E-state index in [-0.39, 0.29) is 11.9 Å². The molecule has 1 saturated heterocycles. The molecule has 1 amide bonds. The summed E-state index contributed by atoms with van der Waals surface area (Å²) in [5.41, 5.74) is 6.39. The molecule has 0 aromatic carbocycles. The number of amides is 1. The maximum atomic E-state index is 11.0. The molecule has 7 heteroatoms. The largest absolute Gasteiger partial charge is 0.363 e. The first-order chi connectivity index (χ1) is 9.63. The van der Waals surface area contributed by atoms with Crippen molar-refractivity contribution in [1.82, 2.24) is 19.6 Å². The van der Waals surface area contributed by atoms with E-state index in [0.29, 0.717) is 5.89 Å². The number of nitrogens with zero attached hydrogens (tertiary/aromatic N) is 4. The zero-order valence-electron chi connectivity index (χ0n) is 11.3. The van der Waals surface area contributed by atoms with Gasteiger partial charge in [-0.2, -0.15) is 4.98 Å². The molecule has 2 aromatic heterocycles. The lowest BCUT2D eigenvalue weighted by Gasteiger charge is -2.20. The van der Waals surface area contributed by atoms with Crippen LogP contribution >= 0.6 is 0 Å². The monoisotopic (exact) mass is 275 g/mol. The maximum absolute atomic E-state index is 11.0. The number of aryl methyl sites for hydroxylation is 1. The van der Waals surface area contributed by atoms with Crippen molar-refractivity contribution in [3.63, 3.8) is 0 Å². The fourth-order valence-electron chi connectivity index (χ4n) is 2.65. The molecule has 2 aromatic rings. The molecule has 0 radical (unpaired) electrons. The number of aromatic nitrogens is 3. The number of nitrogens with two attached hydrogens (primary N) is 1. The van der Waals surface area contributed by atoms with Crippen molar-refractivity contribution in [3.8, 4) is 0 Å². The lowest BCUT2D eigenvalue weighted by molar-refractivity contribution is 0.0987. The smallest absolute Gasteiger partial charge is 0.290 e. The fourth-order valence-corrected chi connectivity index (χ4v) is 2.65. The van der Waals surface area contributed by atoms with Crippen LogP contribution in [0.25, 0.3) is 0 Å². The Hall–Kier alpha value is -2.15. The van der Waals surface area contributed by atoms with E-state index in [1.165, 1.54) is 5.56 Å². The molecule has 1 atom stereocenters.